The highest BCUT2D eigenvalue weighted by atomic mass is 79.9. The first-order valence-corrected chi connectivity index (χ1v) is 13.0. The quantitative estimate of drug-likeness (QED) is 0.365. The number of thioether (sulfide) groups is 1. The first kappa shape index (κ1) is 18.6. The van der Waals surface area contributed by atoms with E-state index in [-0.39, 0.29) is 12.5 Å². The molecule has 1 aromatic heterocycles. The number of aromatic nitrogens is 3. The van der Waals surface area contributed by atoms with Crippen molar-refractivity contribution in [1.29, 1.82) is 0 Å². The zero-order valence-corrected chi connectivity index (χ0v) is 17.2. The average Bonchev–Trinajstić information content (AvgIpc) is 2.86. The Kier molecular flexibility index (Phi) is 6.41. The fourth-order valence-corrected chi connectivity index (χ4v) is 3.35. The van der Waals surface area contributed by atoms with Gasteiger partial charge in [-0.15, -0.1) is 5.10 Å². The molecule has 0 spiro atoms. The van der Waals surface area contributed by atoms with Crippen LogP contribution in [0.15, 0.2) is 27.8 Å². The second-order valence-corrected chi connectivity index (χ2v) is 13.7. The molecule has 126 valence electrons. The first-order chi connectivity index (χ1) is 10.8. The Bertz CT molecular complexity index is 675. The Balaban J connectivity index is 2.18. The molecule has 1 aromatic carbocycles. The molecule has 1 heterocycles. The molecule has 0 saturated carbocycles. The van der Waals surface area contributed by atoms with Crippen LogP contribution in [0.4, 0.5) is 4.39 Å². The van der Waals surface area contributed by atoms with Gasteiger partial charge in [-0.05, 0) is 30.5 Å². The van der Waals surface area contributed by atoms with Gasteiger partial charge < -0.3 is 4.74 Å². The van der Waals surface area contributed by atoms with Gasteiger partial charge in [0.15, 0.2) is 5.82 Å². The van der Waals surface area contributed by atoms with Crippen LogP contribution in [-0.4, -0.2) is 35.7 Å². The van der Waals surface area contributed by atoms with Gasteiger partial charge in [0, 0.05) is 19.2 Å². The zero-order chi connectivity index (χ0) is 17.0. The van der Waals surface area contributed by atoms with Crippen molar-refractivity contribution in [3.05, 3.63) is 28.5 Å². The van der Waals surface area contributed by atoms with Crippen LogP contribution in [0, 0.1) is 5.82 Å². The van der Waals surface area contributed by atoms with E-state index in [4.69, 9.17) is 4.74 Å². The predicted octanol–water partition coefficient (Wildman–Crippen LogP) is 4.88. The Hall–Kier alpha value is -0.703. The number of rotatable bonds is 7. The molecule has 2 rings (SSSR count). The van der Waals surface area contributed by atoms with Crippen LogP contribution in [0.25, 0.3) is 11.4 Å². The van der Waals surface area contributed by atoms with Gasteiger partial charge in [0.1, 0.15) is 12.5 Å². The lowest BCUT2D eigenvalue weighted by Gasteiger charge is -2.15. The van der Waals surface area contributed by atoms with Gasteiger partial charge in [-0.1, -0.05) is 47.3 Å². The van der Waals surface area contributed by atoms with Crippen molar-refractivity contribution in [2.45, 2.75) is 37.6 Å². The van der Waals surface area contributed by atoms with E-state index in [1.165, 1.54) is 17.8 Å². The minimum Gasteiger partial charge on any atom is -0.359 e. The summed E-state index contributed by atoms with van der Waals surface area (Å²) in [5.41, 5.74) is 0.426. The van der Waals surface area contributed by atoms with Crippen molar-refractivity contribution in [3.8, 4) is 11.4 Å². The lowest BCUT2D eigenvalue weighted by atomic mass is 10.2. The maximum atomic E-state index is 14.2. The number of halogens is 2. The lowest BCUT2D eigenvalue weighted by Crippen LogP contribution is -2.22. The average molecular weight is 418 g/mol. The third-order valence-corrected chi connectivity index (χ3v) is 5.95. The van der Waals surface area contributed by atoms with Crippen molar-refractivity contribution in [1.82, 2.24) is 14.8 Å². The molecular weight excluding hydrogens is 397 g/mol. The van der Waals surface area contributed by atoms with Gasteiger partial charge in [-0.25, -0.2) is 14.1 Å². The Morgan fingerprint density at radius 3 is 2.70 bits per heavy atom. The molecular formula is C15H21BrFN3OSSi. The fraction of sp³-hybridized carbons (Fsp3) is 0.467. The minimum absolute atomic E-state index is 0.281. The smallest absolute Gasteiger partial charge is 0.208 e. The van der Waals surface area contributed by atoms with Crippen molar-refractivity contribution >= 4 is 35.8 Å². The zero-order valence-electron chi connectivity index (χ0n) is 13.8. The Morgan fingerprint density at radius 1 is 1.35 bits per heavy atom. The van der Waals surface area contributed by atoms with Gasteiger partial charge in [-0.3, -0.25) is 0 Å². The largest absolute Gasteiger partial charge is 0.359 e. The second-order valence-electron chi connectivity index (χ2n) is 6.39. The molecule has 2 aromatic rings. The van der Waals surface area contributed by atoms with Crippen LogP contribution in [0.2, 0.25) is 25.7 Å². The van der Waals surface area contributed by atoms with Crippen molar-refractivity contribution in [2.24, 2.45) is 0 Å². The van der Waals surface area contributed by atoms with E-state index in [9.17, 15) is 4.39 Å². The summed E-state index contributed by atoms with van der Waals surface area (Å²) in [5.74, 6) is 0.162. The number of nitrogens with zero attached hydrogens (tertiary/aromatic N) is 3. The standard InChI is InChI=1S/C15H21BrFN3OSSi/c1-22-15-18-14(12-6-5-11(16)9-13(12)17)20(19-15)10-21-7-8-23(2,3)4/h5-6,9H,7-8,10H2,1-4H3. The normalized spacial score (nSPS) is 11.9. The molecule has 0 saturated heterocycles. The number of benzene rings is 1. The molecule has 0 aliphatic heterocycles. The number of ether oxygens (including phenoxy) is 1. The third kappa shape index (κ3) is 5.41. The topological polar surface area (TPSA) is 39.9 Å². The SMILES string of the molecule is CSc1nc(-c2ccc(Br)cc2F)n(COCC[Si](C)(C)C)n1. The highest BCUT2D eigenvalue weighted by molar-refractivity contribution is 9.10. The maximum Gasteiger partial charge on any atom is 0.208 e. The number of hydrogen-bond acceptors (Lipinski definition) is 4. The van der Waals surface area contributed by atoms with Gasteiger partial charge in [-0.2, -0.15) is 0 Å². The van der Waals surface area contributed by atoms with Crippen LogP contribution in [-0.2, 0) is 11.5 Å². The van der Waals surface area contributed by atoms with E-state index < -0.39 is 8.07 Å². The highest BCUT2D eigenvalue weighted by Crippen LogP contribution is 2.26. The van der Waals surface area contributed by atoms with E-state index in [1.807, 2.05) is 6.26 Å². The Morgan fingerprint density at radius 2 is 2.09 bits per heavy atom. The van der Waals surface area contributed by atoms with E-state index in [0.29, 0.717) is 27.6 Å². The molecule has 0 amide bonds. The summed E-state index contributed by atoms with van der Waals surface area (Å²) >= 11 is 4.70. The molecule has 0 N–H and O–H groups in total. The van der Waals surface area contributed by atoms with Gasteiger partial charge in [0.05, 0.1) is 5.56 Å². The summed E-state index contributed by atoms with van der Waals surface area (Å²) in [4.78, 5) is 4.41. The lowest BCUT2D eigenvalue weighted by molar-refractivity contribution is 0.0788. The summed E-state index contributed by atoms with van der Waals surface area (Å²) in [6.07, 6.45) is 1.90. The molecule has 0 aliphatic rings. The molecule has 0 unspecified atom stereocenters. The van der Waals surface area contributed by atoms with Crippen LogP contribution >= 0.6 is 27.7 Å². The van der Waals surface area contributed by atoms with Gasteiger partial charge >= 0.3 is 0 Å². The van der Waals surface area contributed by atoms with Crippen LogP contribution < -0.4 is 0 Å². The monoisotopic (exact) mass is 417 g/mol. The second kappa shape index (κ2) is 7.91. The summed E-state index contributed by atoms with van der Waals surface area (Å²) < 4.78 is 22.3. The molecule has 0 aliphatic carbocycles. The van der Waals surface area contributed by atoms with Crippen molar-refractivity contribution < 1.29 is 9.13 Å². The van der Waals surface area contributed by atoms with Crippen LogP contribution in [0.1, 0.15) is 0 Å². The summed E-state index contributed by atoms with van der Waals surface area (Å²) in [6.45, 7) is 7.89. The molecule has 0 bridgehead atoms. The summed E-state index contributed by atoms with van der Waals surface area (Å²) in [6, 6.07) is 6.01. The number of hydrogen-bond donors (Lipinski definition) is 0. The van der Waals surface area contributed by atoms with E-state index in [2.05, 4.69) is 45.7 Å². The molecule has 0 atom stereocenters. The maximum absolute atomic E-state index is 14.2. The molecule has 0 radical (unpaired) electrons. The van der Waals surface area contributed by atoms with Gasteiger partial charge in [0.25, 0.3) is 0 Å². The van der Waals surface area contributed by atoms with E-state index >= 15 is 0 Å². The summed E-state index contributed by atoms with van der Waals surface area (Å²) in [5, 5.41) is 4.99. The molecule has 23 heavy (non-hydrogen) atoms. The molecule has 0 fully saturated rings. The fourth-order valence-electron chi connectivity index (χ4n) is 1.90. The van der Waals surface area contributed by atoms with Crippen LogP contribution in [0.3, 0.4) is 0 Å². The van der Waals surface area contributed by atoms with E-state index in [0.717, 1.165) is 6.04 Å². The van der Waals surface area contributed by atoms with E-state index in [1.54, 1.807) is 16.8 Å². The molecule has 8 heteroatoms. The third-order valence-electron chi connectivity index (χ3n) is 3.22. The highest BCUT2D eigenvalue weighted by Gasteiger charge is 2.17. The predicted molar refractivity (Wildman–Crippen MR) is 99.0 cm³/mol. The van der Waals surface area contributed by atoms with Crippen molar-refractivity contribution in [2.75, 3.05) is 12.9 Å². The van der Waals surface area contributed by atoms with Gasteiger partial charge in [0.2, 0.25) is 5.16 Å². The Labute approximate surface area is 150 Å². The first-order valence-electron chi connectivity index (χ1n) is 7.32. The molecule has 4 nitrogen and oxygen atoms in total. The summed E-state index contributed by atoms with van der Waals surface area (Å²) in [7, 11) is -1.13. The van der Waals surface area contributed by atoms with Crippen molar-refractivity contribution in [3.63, 3.8) is 0 Å². The van der Waals surface area contributed by atoms with Crippen LogP contribution in [0.5, 0.6) is 0 Å². The minimum atomic E-state index is -1.13.